The Bertz CT molecular complexity index is 979. The first-order valence-electron chi connectivity index (χ1n) is 11.4. The number of nitrogens with zero attached hydrogens (tertiary/aromatic N) is 2. The van der Waals surface area contributed by atoms with Crippen LogP contribution in [0.5, 0.6) is 5.75 Å². The number of imide groups is 1. The van der Waals surface area contributed by atoms with Crippen LogP contribution in [0.15, 0.2) is 60.3 Å². The van der Waals surface area contributed by atoms with Crippen molar-refractivity contribution in [2.75, 3.05) is 26.3 Å². The zero-order valence-electron chi connectivity index (χ0n) is 18.8. The highest BCUT2D eigenvalue weighted by Crippen LogP contribution is 2.34. The molecule has 1 fully saturated rings. The summed E-state index contributed by atoms with van der Waals surface area (Å²) in [7, 11) is 0. The lowest BCUT2D eigenvalue weighted by atomic mass is 10.0. The van der Waals surface area contributed by atoms with Gasteiger partial charge in [-0.1, -0.05) is 42.5 Å². The second kappa shape index (κ2) is 10.0. The molecule has 1 atom stereocenters. The molecule has 0 aliphatic carbocycles. The lowest BCUT2D eigenvalue weighted by Crippen LogP contribution is -2.39. The summed E-state index contributed by atoms with van der Waals surface area (Å²) < 4.78 is 11.3. The number of hydrogen-bond acceptors (Lipinski definition) is 5. The van der Waals surface area contributed by atoms with Gasteiger partial charge in [-0.25, -0.2) is 0 Å². The molecule has 0 radical (unpaired) electrons. The molecule has 2 amide bonds. The number of hydrogen-bond donors (Lipinski definition) is 0. The molecule has 0 bridgehead atoms. The fraction of sp³-hybridized carbons (Fsp3) is 0.385. The van der Waals surface area contributed by atoms with E-state index in [0.29, 0.717) is 44.1 Å². The summed E-state index contributed by atoms with van der Waals surface area (Å²) in [5, 5.41) is 0. The van der Waals surface area contributed by atoms with Gasteiger partial charge in [0.1, 0.15) is 11.4 Å². The molecule has 1 unspecified atom stereocenters. The fourth-order valence-corrected chi connectivity index (χ4v) is 4.31. The first-order chi connectivity index (χ1) is 15.6. The molecule has 2 heterocycles. The molecule has 2 aliphatic rings. The maximum absolute atomic E-state index is 13.6. The summed E-state index contributed by atoms with van der Waals surface area (Å²) in [6.45, 7) is 6.65. The summed E-state index contributed by atoms with van der Waals surface area (Å²) >= 11 is 0. The first-order valence-corrected chi connectivity index (χ1v) is 11.4. The van der Waals surface area contributed by atoms with E-state index in [4.69, 9.17) is 9.47 Å². The Morgan fingerprint density at radius 2 is 1.78 bits per heavy atom. The van der Waals surface area contributed by atoms with Crippen LogP contribution >= 0.6 is 0 Å². The molecule has 2 aliphatic heterocycles. The lowest BCUT2D eigenvalue weighted by molar-refractivity contribution is -0.139. The minimum atomic E-state index is -0.254. The highest BCUT2D eigenvalue weighted by Gasteiger charge is 2.42. The normalized spacial score (nSPS) is 18.6. The number of amides is 2. The van der Waals surface area contributed by atoms with Crippen molar-refractivity contribution in [3.05, 3.63) is 71.4 Å². The van der Waals surface area contributed by atoms with Gasteiger partial charge < -0.3 is 14.4 Å². The van der Waals surface area contributed by atoms with Crippen LogP contribution in [0, 0.1) is 0 Å². The topological polar surface area (TPSA) is 59.1 Å². The van der Waals surface area contributed by atoms with Crippen LogP contribution in [0.2, 0.25) is 0 Å². The van der Waals surface area contributed by atoms with Gasteiger partial charge in [-0.2, -0.15) is 0 Å². The van der Waals surface area contributed by atoms with E-state index in [0.717, 1.165) is 29.7 Å². The van der Waals surface area contributed by atoms with Gasteiger partial charge in [0.25, 0.3) is 11.8 Å². The van der Waals surface area contributed by atoms with E-state index in [1.807, 2.05) is 73.3 Å². The predicted molar refractivity (Wildman–Crippen MR) is 123 cm³/mol. The molecule has 0 aromatic heterocycles. The molecule has 0 spiro atoms. The van der Waals surface area contributed by atoms with Gasteiger partial charge in [-0.15, -0.1) is 0 Å². The molecule has 1 saturated heterocycles. The number of carbonyl (C=O) groups excluding carboxylic acids is 2. The van der Waals surface area contributed by atoms with Crippen molar-refractivity contribution in [2.24, 2.45) is 0 Å². The van der Waals surface area contributed by atoms with Crippen molar-refractivity contribution in [2.45, 2.75) is 39.3 Å². The molecule has 2 aromatic carbocycles. The van der Waals surface area contributed by atoms with E-state index in [9.17, 15) is 9.59 Å². The predicted octanol–water partition coefficient (Wildman–Crippen LogP) is 3.87. The smallest absolute Gasteiger partial charge is 0.277 e. The van der Waals surface area contributed by atoms with Gasteiger partial charge in [0.05, 0.1) is 24.8 Å². The number of carbonyl (C=O) groups is 2. The largest absolute Gasteiger partial charge is 0.494 e. The average Bonchev–Trinajstić information content (AvgIpc) is 3.41. The van der Waals surface area contributed by atoms with Crippen LogP contribution in [-0.4, -0.2) is 54.0 Å². The van der Waals surface area contributed by atoms with Crippen LogP contribution in [0.25, 0.3) is 5.57 Å². The van der Waals surface area contributed by atoms with Gasteiger partial charge in [-0.3, -0.25) is 14.5 Å². The van der Waals surface area contributed by atoms with E-state index in [1.165, 1.54) is 4.90 Å². The molecule has 2 aromatic rings. The van der Waals surface area contributed by atoms with Crippen LogP contribution in [0.3, 0.4) is 0 Å². The highest BCUT2D eigenvalue weighted by atomic mass is 16.5. The Morgan fingerprint density at radius 3 is 2.41 bits per heavy atom. The maximum atomic E-state index is 13.6. The Kier molecular flexibility index (Phi) is 6.90. The summed E-state index contributed by atoms with van der Waals surface area (Å²) in [5.41, 5.74) is 2.73. The van der Waals surface area contributed by atoms with Crippen LogP contribution < -0.4 is 4.74 Å². The van der Waals surface area contributed by atoms with Crippen LogP contribution in [0.4, 0.5) is 0 Å². The summed E-state index contributed by atoms with van der Waals surface area (Å²) in [6.07, 6.45) is 1.74. The molecule has 168 valence electrons. The minimum Gasteiger partial charge on any atom is -0.494 e. The molecule has 6 nitrogen and oxygen atoms in total. The second-order valence-electron chi connectivity index (χ2n) is 8.04. The van der Waals surface area contributed by atoms with Crippen molar-refractivity contribution in [3.63, 3.8) is 0 Å². The molecule has 32 heavy (non-hydrogen) atoms. The maximum Gasteiger partial charge on any atom is 0.277 e. The Balaban J connectivity index is 1.71. The van der Waals surface area contributed by atoms with Gasteiger partial charge in [-0.05, 0) is 49.9 Å². The van der Waals surface area contributed by atoms with Crippen molar-refractivity contribution in [3.8, 4) is 5.75 Å². The lowest BCUT2D eigenvalue weighted by Gasteiger charge is -2.25. The van der Waals surface area contributed by atoms with E-state index in [1.54, 1.807) is 0 Å². The fourth-order valence-electron chi connectivity index (χ4n) is 4.31. The Labute approximate surface area is 189 Å². The highest BCUT2D eigenvalue weighted by molar-refractivity contribution is 6.35. The summed E-state index contributed by atoms with van der Waals surface area (Å²) in [4.78, 5) is 30.5. The van der Waals surface area contributed by atoms with Gasteiger partial charge in [0, 0.05) is 19.7 Å². The number of ether oxygens (including phenoxy) is 2. The molecule has 4 rings (SSSR count). The quantitative estimate of drug-likeness (QED) is 0.561. The SMILES string of the molecule is CCOc1ccc(C2=C(N(CC)Cc3ccccc3)C(=O)N(CC3CCCO3)C2=O)cc1. The summed E-state index contributed by atoms with van der Waals surface area (Å²) in [6, 6.07) is 17.4. The standard InChI is InChI=1S/C26H30N2O4/c1-3-27(17-19-9-6-5-7-10-19)24-23(20-12-14-21(15-13-20)31-4-2)25(29)28(26(24)30)18-22-11-8-16-32-22/h5-7,9-10,12-15,22H,3-4,8,11,16-18H2,1-2H3. The van der Waals surface area contributed by atoms with Crippen LogP contribution in [0.1, 0.15) is 37.8 Å². The van der Waals surface area contributed by atoms with Gasteiger partial charge in [0.2, 0.25) is 0 Å². The number of benzene rings is 2. The Hall–Kier alpha value is -3.12. The average molecular weight is 435 g/mol. The number of likely N-dealkylation sites (N-methyl/N-ethyl adjacent to an activating group) is 1. The third-order valence-corrected chi connectivity index (χ3v) is 5.92. The third-order valence-electron chi connectivity index (χ3n) is 5.92. The monoisotopic (exact) mass is 434 g/mol. The van der Waals surface area contributed by atoms with E-state index in [-0.39, 0.29) is 17.9 Å². The molecule has 0 saturated carbocycles. The second-order valence-corrected chi connectivity index (χ2v) is 8.04. The minimum absolute atomic E-state index is 0.0898. The molecule has 6 heteroatoms. The third kappa shape index (κ3) is 4.55. The van der Waals surface area contributed by atoms with Gasteiger partial charge >= 0.3 is 0 Å². The number of rotatable bonds is 9. The zero-order valence-corrected chi connectivity index (χ0v) is 18.8. The van der Waals surface area contributed by atoms with Crippen LogP contribution in [-0.2, 0) is 20.9 Å². The molecular formula is C26H30N2O4. The van der Waals surface area contributed by atoms with Crippen molar-refractivity contribution < 1.29 is 19.1 Å². The van der Waals surface area contributed by atoms with Crippen molar-refractivity contribution in [1.82, 2.24) is 9.80 Å². The van der Waals surface area contributed by atoms with Crippen molar-refractivity contribution >= 4 is 17.4 Å². The summed E-state index contributed by atoms with van der Waals surface area (Å²) in [5.74, 6) is 0.242. The van der Waals surface area contributed by atoms with E-state index in [2.05, 4.69) is 0 Å². The van der Waals surface area contributed by atoms with Gasteiger partial charge in [0.15, 0.2) is 0 Å². The zero-order chi connectivity index (χ0) is 22.5. The van der Waals surface area contributed by atoms with Crippen molar-refractivity contribution in [1.29, 1.82) is 0 Å². The van der Waals surface area contributed by atoms with E-state index < -0.39 is 0 Å². The van der Waals surface area contributed by atoms with E-state index >= 15 is 0 Å². The molecule has 0 N–H and O–H groups in total. The Morgan fingerprint density at radius 1 is 1.03 bits per heavy atom. The molecular weight excluding hydrogens is 404 g/mol. The first kappa shape index (κ1) is 22.1.